The molecular formula is C13H21NO3. The van der Waals surface area contributed by atoms with Gasteiger partial charge in [-0.25, -0.2) is 0 Å². The lowest BCUT2D eigenvalue weighted by Gasteiger charge is -2.31. The van der Waals surface area contributed by atoms with Gasteiger partial charge >= 0.3 is 5.97 Å². The first-order valence-corrected chi connectivity index (χ1v) is 6.68. The van der Waals surface area contributed by atoms with Gasteiger partial charge in [0, 0.05) is 19.0 Å². The van der Waals surface area contributed by atoms with Crippen molar-refractivity contribution in [3.05, 3.63) is 0 Å². The Morgan fingerprint density at radius 3 is 2.71 bits per heavy atom. The Morgan fingerprint density at radius 1 is 1.35 bits per heavy atom. The molecule has 0 bridgehead atoms. The second kappa shape index (κ2) is 5.52. The Hall–Kier alpha value is -1.06. The van der Waals surface area contributed by atoms with Crippen molar-refractivity contribution < 1.29 is 14.3 Å². The fourth-order valence-corrected chi connectivity index (χ4v) is 2.90. The first-order chi connectivity index (χ1) is 8.22. The zero-order valence-electron chi connectivity index (χ0n) is 10.5. The molecule has 0 unspecified atom stereocenters. The van der Waals surface area contributed by atoms with Gasteiger partial charge in [-0.05, 0) is 19.8 Å². The minimum atomic E-state index is -0.232. The molecule has 2 rings (SSSR count). The summed E-state index contributed by atoms with van der Waals surface area (Å²) in [7, 11) is 0. The van der Waals surface area contributed by atoms with E-state index in [2.05, 4.69) is 0 Å². The van der Waals surface area contributed by atoms with Gasteiger partial charge in [-0.3, -0.25) is 9.59 Å². The van der Waals surface area contributed by atoms with E-state index >= 15 is 0 Å². The van der Waals surface area contributed by atoms with E-state index in [1.54, 1.807) is 6.92 Å². The highest BCUT2D eigenvalue weighted by atomic mass is 16.5. The van der Waals surface area contributed by atoms with Crippen molar-refractivity contribution in [3.63, 3.8) is 0 Å². The summed E-state index contributed by atoms with van der Waals surface area (Å²) in [6.07, 6.45) is 6.23. The molecule has 1 atom stereocenters. The molecule has 96 valence electrons. The Labute approximate surface area is 102 Å². The van der Waals surface area contributed by atoms with Gasteiger partial charge in [-0.2, -0.15) is 0 Å². The standard InChI is InChI=1S/C13H21NO3/c1-2-17-13(16)10-8-12(15)14(9-10)11-6-4-3-5-7-11/h10-11H,2-9H2,1H3/t10-/m0/s1. The van der Waals surface area contributed by atoms with Crippen molar-refractivity contribution in [2.24, 2.45) is 5.92 Å². The van der Waals surface area contributed by atoms with E-state index in [-0.39, 0.29) is 17.8 Å². The van der Waals surface area contributed by atoms with Crippen LogP contribution < -0.4 is 0 Å². The maximum atomic E-state index is 11.9. The molecule has 1 saturated carbocycles. The Kier molecular flexibility index (Phi) is 4.02. The highest BCUT2D eigenvalue weighted by Crippen LogP contribution is 2.28. The molecule has 0 aromatic carbocycles. The van der Waals surface area contributed by atoms with Crippen LogP contribution in [0.5, 0.6) is 0 Å². The van der Waals surface area contributed by atoms with E-state index in [9.17, 15) is 9.59 Å². The normalized spacial score (nSPS) is 26.3. The van der Waals surface area contributed by atoms with Crippen LogP contribution in [0.1, 0.15) is 45.4 Å². The minimum Gasteiger partial charge on any atom is -0.466 e. The SMILES string of the molecule is CCOC(=O)[C@H]1CC(=O)N(C2CCCCC2)C1. The maximum absolute atomic E-state index is 11.9. The molecule has 0 spiro atoms. The molecule has 1 aliphatic carbocycles. The average Bonchev–Trinajstić information content (AvgIpc) is 2.73. The summed E-state index contributed by atoms with van der Waals surface area (Å²) in [6, 6.07) is 0.371. The molecule has 0 aromatic heterocycles. The number of esters is 1. The average molecular weight is 239 g/mol. The van der Waals surface area contributed by atoms with Crippen LogP contribution in [0.3, 0.4) is 0 Å². The van der Waals surface area contributed by atoms with Crippen molar-refractivity contribution in [3.8, 4) is 0 Å². The molecule has 17 heavy (non-hydrogen) atoms. The van der Waals surface area contributed by atoms with Crippen LogP contribution in [-0.4, -0.2) is 36.0 Å². The van der Waals surface area contributed by atoms with Crippen molar-refractivity contribution in [1.82, 2.24) is 4.90 Å². The van der Waals surface area contributed by atoms with Crippen LogP contribution in [0, 0.1) is 5.92 Å². The number of rotatable bonds is 3. The van der Waals surface area contributed by atoms with Gasteiger partial charge in [0.2, 0.25) is 5.91 Å². The summed E-state index contributed by atoms with van der Waals surface area (Å²) < 4.78 is 4.99. The van der Waals surface area contributed by atoms with E-state index in [0.717, 1.165) is 12.8 Å². The molecule has 1 heterocycles. The van der Waals surface area contributed by atoms with E-state index in [1.807, 2.05) is 4.90 Å². The smallest absolute Gasteiger partial charge is 0.311 e. The van der Waals surface area contributed by atoms with Gasteiger partial charge in [-0.15, -0.1) is 0 Å². The number of hydrogen-bond donors (Lipinski definition) is 0. The van der Waals surface area contributed by atoms with Gasteiger partial charge in [0.25, 0.3) is 0 Å². The van der Waals surface area contributed by atoms with E-state index in [4.69, 9.17) is 4.74 Å². The van der Waals surface area contributed by atoms with Gasteiger partial charge < -0.3 is 9.64 Å². The van der Waals surface area contributed by atoms with Crippen molar-refractivity contribution >= 4 is 11.9 Å². The van der Waals surface area contributed by atoms with Gasteiger partial charge in [0.1, 0.15) is 0 Å². The quantitative estimate of drug-likeness (QED) is 0.705. The second-order valence-corrected chi connectivity index (χ2v) is 4.99. The molecule has 1 aliphatic heterocycles. The molecule has 0 radical (unpaired) electrons. The minimum absolute atomic E-state index is 0.134. The van der Waals surface area contributed by atoms with E-state index in [1.165, 1.54) is 19.3 Å². The first-order valence-electron chi connectivity index (χ1n) is 6.68. The Balaban J connectivity index is 1.92. The van der Waals surface area contributed by atoms with Crippen LogP contribution in [0.15, 0.2) is 0 Å². The highest BCUT2D eigenvalue weighted by Gasteiger charge is 2.38. The predicted octanol–water partition coefficient (Wildman–Crippen LogP) is 1.73. The third kappa shape index (κ3) is 2.79. The van der Waals surface area contributed by atoms with Gasteiger partial charge in [0.15, 0.2) is 0 Å². The Bertz CT molecular complexity index is 297. The van der Waals surface area contributed by atoms with Gasteiger partial charge in [0.05, 0.1) is 12.5 Å². The fourth-order valence-electron chi connectivity index (χ4n) is 2.90. The molecule has 1 saturated heterocycles. The number of hydrogen-bond acceptors (Lipinski definition) is 3. The summed E-state index contributed by atoms with van der Waals surface area (Å²) >= 11 is 0. The first kappa shape index (κ1) is 12.4. The van der Waals surface area contributed by atoms with E-state index in [0.29, 0.717) is 25.6 Å². The fraction of sp³-hybridized carbons (Fsp3) is 0.846. The maximum Gasteiger partial charge on any atom is 0.311 e. The zero-order valence-corrected chi connectivity index (χ0v) is 10.5. The number of amides is 1. The number of nitrogens with zero attached hydrogens (tertiary/aromatic N) is 1. The van der Waals surface area contributed by atoms with Crippen LogP contribution in [0.2, 0.25) is 0 Å². The monoisotopic (exact) mass is 239 g/mol. The molecular weight excluding hydrogens is 218 g/mol. The second-order valence-electron chi connectivity index (χ2n) is 4.99. The molecule has 0 N–H and O–H groups in total. The zero-order chi connectivity index (χ0) is 12.3. The summed E-state index contributed by atoms with van der Waals surface area (Å²) in [5.74, 6) is -0.307. The largest absolute Gasteiger partial charge is 0.466 e. The third-order valence-corrected chi connectivity index (χ3v) is 3.79. The summed E-state index contributed by atoms with van der Waals surface area (Å²) in [5, 5.41) is 0. The lowest BCUT2D eigenvalue weighted by molar-refractivity contribution is -0.147. The summed E-state index contributed by atoms with van der Waals surface area (Å²) in [6.45, 7) is 2.77. The molecule has 2 fully saturated rings. The molecule has 1 amide bonds. The molecule has 0 aromatic rings. The van der Waals surface area contributed by atoms with Crippen LogP contribution in [0.4, 0.5) is 0 Å². The van der Waals surface area contributed by atoms with Crippen molar-refractivity contribution in [2.75, 3.05) is 13.2 Å². The lowest BCUT2D eigenvalue weighted by atomic mass is 9.94. The van der Waals surface area contributed by atoms with Crippen LogP contribution in [0.25, 0.3) is 0 Å². The number of carbonyl (C=O) groups excluding carboxylic acids is 2. The highest BCUT2D eigenvalue weighted by molar-refractivity contribution is 5.87. The van der Waals surface area contributed by atoms with E-state index < -0.39 is 0 Å². The summed E-state index contributed by atoms with van der Waals surface area (Å²) in [4.78, 5) is 25.4. The molecule has 4 heteroatoms. The number of likely N-dealkylation sites (tertiary alicyclic amines) is 1. The van der Waals surface area contributed by atoms with Crippen molar-refractivity contribution in [2.45, 2.75) is 51.5 Å². The number of ether oxygens (including phenoxy) is 1. The van der Waals surface area contributed by atoms with Crippen LogP contribution >= 0.6 is 0 Å². The number of carbonyl (C=O) groups is 2. The third-order valence-electron chi connectivity index (χ3n) is 3.79. The topological polar surface area (TPSA) is 46.6 Å². The Morgan fingerprint density at radius 2 is 2.06 bits per heavy atom. The predicted molar refractivity (Wildman–Crippen MR) is 63.3 cm³/mol. The van der Waals surface area contributed by atoms with Gasteiger partial charge in [-0.1, -0.05) is 19.3 Å². The van der Waals surface area contributed by atoms with Crippen LogP contribution in [-0.2, 0) is 14.3 Å². The lowest BCUT2D eigenvalue weighted by Crippen LogP contribution is -2.38. The summed E-state index contributed by atoms with van der Waals surface area (Å²) in [5.41, 5.74) is 0. The van der Waals surface area contributed by atoms with Crippen molar-refractivity contribution in [1.29, 1.82) is 0 Å². The molecule has 4 nitrogen and oxygen atoms in total. The molecule has 2 aliphatic rings.